The molecule has 158 valence electrons. The lowest BCUT2D eigenvalue weighted by Gasteiger charge is -2.38. The number of piperazine rings is 1. The van der Waals surface area contributed by atoms with Crippen LogP contribution in [0.5, 0.6) is 0 Å². The van der Waals surface area contributed by atoms with E-state index in [4.69, 9.17) is 0 Å². The summed E-state index contributed by atoms with van der Waals surface area (Å²) < 4.78 is 0. The Bertz CT molecular complexity index is 741. The highest BCUT2D eigenvalue weighted by molar-refractivity contribution is 6.00. The summed E-state index contributed by atoms with van der Waals surface area (Å²) in [7, 11) is 0. The molecule has 0 radical (unpaired) electrons. The molecule has 2 N–H and O–H groups in total. The minimum atomic E-state index is -0.244. The van der Waals surface area contributed by atoms with Gasteiger partial charge in [-0.15, -0.1) is 12.4 Å². The van der Waals surface area contributed by atoms with Gasteiger partial charge in [-0.05, 0) is 50.0 Å². The maximum atomic E-state index is 12.7. The molecule has 1 aromatic rings. The van der Waals surface area contributed by atoms with Gasteiger partial charge >= 0.3 is 0 Å². The highest BCUT2D eigenvalue weighted by Gasteiger charge is 2.30. The third-order valence-corrected chi connectivity index (χ3v) is 6.18. The molecule has 1 atom stereocenters. The van der Waals surface area contributed by atoms with Crippen molar-refractivity contribution in [1.29, 1.82) is 0 Å². The van der Waals surface area contributed by atoms with Crippen molar-refractivity contribution in [3.63, 3.8) is 0 Å². The molecule has 3 aliphatic rings. The van der Waals surface area contributed by atoms with Crippen LogP contribution in [0.25, 0.3) is 0 Å². The van der Waals surface area contributed by atoms with E-state index in [0.29, 0.717) is 18.7 Å². The van der Waals surface area contributed by atoms with Gasteiger partial charge in [0.1, 0.15) is 0 Å². The summed E-state index contributed by atoms with van der Waals surface area (Å²) in [6, 6.07) is 8.07. The van der Waals surface area contributed by atoms with Gasteiger partial charge in [0.25, 0.3) is 0 Å². The van der Waals surface area contributed by atoms with Gasteiger partial charge < -0.3 is 15.1 Å². The number of halogens is 1. The average molecular weight is 421 g/mol. The number of carbonyl (C=O) groups is 3. The SMILES string of the molecule is Cl.O=C1CCC(c2ccc(N3CCN(C(=O)C4CCNCC4)CC3)cc2)C(=O)N1. The number of carbonyl (C=O) groups excluding carboxylic acids is 3. The van der Waals surface area contributed by atoms with Crippen molar-refractivity contribution in [1.82, 2.24) is 15.5 Å². The Labute approximate surface area is 177 Å². The zero-order valence-corrected chi connectivity index (χ0v) is 17.4. The molecule has 4 rings (SSSR count). The molecular weight excluding hydrogens is 392 g/mol. The summed E-state index contributed by atoms with van der Waals surface area (Å²) in [6.45, 7) is 5.06. The first kappa shape index (κ1) is 21.6. The zero-order chi connectivity index (χ0) is 19.5. The maximum absolute atomic E-state index is 12.7. The lowest BCUT2D eigenvalue weighted by Crippen LogP contribution is -2.51. The molecule has 0 aliphatic carbocycles. The Kier molecular flexibility index (Phi) is 7.14. The molecule has 0 spiro atoms. The normalized spacial score (nSPS) is 23.4. The Morgan fingerprint density at radius 2 is 1.59 bits per heavy atom. The minimum absolute atomic E-state index is 0. The smallest absolute Gasteiger partial charge is 0.234 e. The number of anilines is 1. The zero-order valence-electron chi connectivity index (χ0n) is 16.6. The van der Waals surface area contributed by atoms with Gasteiger partial charge in [0.15, 0.2) is 0 Å². The van der Waals surface area contributed by atoms with Crippen LogP contribution < -0.4 is 15.5 Å². The molecule has 8 heteroatoms. The molecule has 3 saturated heterocycles. The van der Waals surface area contributed by atoms with Crippen molar-refractivity contribution >= 4 is 35.8 Å². The standard InChI is InChI=1S/C21H28N4O3.ClH/c26-19-6-5-18(20(27)23-19)15-1-3-17(4-2-15)24-11-13-25(14-12-24)21(28)16-7-9-22-10-8-16;/h1-4,16,18,22H,5-14H2,(H,23,26,27);1H. The second kappa shape index (κ2) is 9.59. The number of rotatable bonds is 3. The van der Waals surface area contributed by atoms with E-state index >= 15 is 0 Å². The molecule has 0 aromatic heterocycles. The van der Waals surface area contributed by atoms with E-state index in [0.717, 1.165) is 63.4 Å². The fourth-order valence-electron chi connectivity index (χ4n) is 4.44. The molecule has 3 heterocycles. The monoisotopic (exact) mass is 420 g/mol. The average Bonchev–Trinajstić information content (AvgIpc) is 2.74. The highest BCUT2D eigenvalue weighted by atomic mass is 35.5. The lowest BCUT2D eigenvalue weighted by atomic mass is 9.90. The Hall–Kier alpha value is -2.12. The van der Waals surface area contributed by atoms with Crippen LogP contribution in [0.4, 0.5) is 5.69 Å². The minimum Gasteiger partial charge on any atom is -0.368 e. The van der Waals surface area contributed by atoms with Gasteiger partial charge in [-0.1, -0.05) is 12.1 Å². The van der Waals surface area contributed by atoms with E-state index in [-0.39, 0.29) is 36.1 Å². The van der Waals surface area contributed by atoms with E-state index in [9.17, 15) is 14.4 Å². The van der Waals surface area contributed by atoms with Crippen molar-refractivity contribution in [3.05, 3.63) is 29.8 Å². The van der Waals surface area contributed by atoms with Crippen LogP contribution in [0.1, 0.15) is 37.2 Å². The quantitative estimate of drug-likeness (QED) is 0.720. The maximum Gasteiger partial charge on any atom is 0.234 e. The van der Waals surface area contributed by atoms with E-state index < -0.39 is 0 Å². The topological polar surface area (TPSA) is 81.8 Å². The second-order valence-electron chi connectivity index (χ2n) is 7.93. The largest absolute Gasteiger partial charge is 0.368 e. The van der Waals surface area contributed by atoms with Crippen molar-refractivity contribution < 1.29 is 14.4 Å². The molecule has 29 heavy (non-hydrogen) atoms. The number of hydrogen-bond acceptors (Lipinski definition) is 5. The lowest BCUT2D eigenvalue weighted by molar-refractivity contribution is -0.137. The third kappa shape index (κ3) is 4.90. The van der Waals surface area contributed by atoms with Crippen LogP contribution >= 0.6 is 12.4 Å². The number of nitrogens with zero attached hydrogens (tertiary/aromatic N) is 2. The second-order valence-corrected chi connectivity index (χ2v) is 7.93. The van der Waals surface area contributed by atoms with E-state index in [1.807, 2.05) is 29.2 Å². The van der Waals surface area contributed by atoms with Crippen molar-refractivity contribution in [3.8, 4) is 0 Å². The summed E-state index contributed by atoms with van der Waals surface area (Å²) in [5, 5.41) is 5.73. The van der Waals surface area contributed by atoms with Gasteiger partial charge in [0.05, 0.1) is 5.92 Å². The number of benzene rings is 1. The van der Waals surface area contributed by atoms with Gasteiger partial charge in [0.2, 0.25) is 17.7 Å². The Balaban J connectivity index is 0.00000240. The fourth-order valence-corrected chi connectivity index (χ4v) is 4.44. The Morgan fingerprint density at radius 3 is 2.21 bits per heavy atom. The predicted molar refractivity (Wildman–Crippen MR) is 113 cm³/mol. The number of nitrogens with one attached hydrogen (secondary N) is 2. The fraction of sp³-hybridized carbons (Fsp3) is 0.571. The molecule has 3 fully saturated rings. The van der Waals surface area contributed by atoms with Crippen LogP contribution in [0.2, 0.25) is 0 Å². The first-order valence-electron chi connectivity index (χ1n) is 10.3. The Morgan fingerprint density at radius 1 is 0.931 bits per heavy atom. The van der Waals surface area contributed by atoms with Crippen LogP contribution in [-0.4, -0.2) is 61.9 Å². The molecule has 7 nitrogen and oxygen atoms in total. The summed E-state index contributed by atoms with van der Waals surface area (Å²) in [4.78, 5) is 40.4. The van der Waals surface area contributed by atoms with Crippen LogP contribution in [-0.2, 0) is 14.4 Å². The molecule has 1 unspecified atom stereocenters. The summed E-state index contributed by atoms with van der Waals surface area (Å²) in [5.41, 5.74) is 2.07. The first-order chi connectivity index (χ1) is 13.6. The van der Waals surface area contributed by atoms with Crippen molar-refractivity contribution in [2.24, 2.45) is 5.92 Å². The van der Waals surface area contributed by atoms with Crippen LogP contribution in [0, 0.1) is 5.92 Å². The molecule has 0 bridgehead atoms. The van der Waals surface area contributed by atoms with Gasteiger partial charge in [-0.25, -0.2) is 0 Å². The summed E-state index contributed by atoms with van der Waals surface area (Å²) >= 11 is 0. The molecule has 1 aromatic carbocycles. The van der Waals surface area contributed by atoms with E-state index in [1.165, 1.54) is 0 Å². The van der Waals surface area contributed by atoms with Gasteiger partial charge in [-0.3, -0.25) is 19.7 Å². The van der Waals surface area contributed by atoms with E-state index in [2.05, 4.69) is 15.5 Å². The number of amides is 3. The van der Waals surface area contributed by atoms with Gasteiger partial charge in [0, 0.05) is 44.2 Å². The van der Waals surface area contributed by atoms with Crippen molar-refractivity contribution in [2.75, 3.05) is 44.2 Å². The molecule has 3 aliphatic heterocycles. The molecular formula is C21H29ClN4O3. The van der Waals surface area contributed by atoms with E-state index in [1.54, 1.807) is 0 Å². The van der Waals surface area contributed by atoms with Gasteiger partial charge in [-0.2, -0.15) is 0 Å². The molecule has 0 saturated carbocycles. The molecule has 3 amide bonds. The van der Waals surface area contributed by atoms with Crippen molar-refractivity contribution in [2.45, 2.75) is 31.6 Å². The predicted octanol–water partition coefficient (Wildman–Crippen LogP) is 1.28. The summed E-state index contributed by atoms with van der Waals surface area (Å²) in [5.74, 6) is -0.134. The number of piperidine rings is 2. The number of hydrogen-bond donors (Lipinski definition) is 2. The highest BCUT2D eigenvalue weighted by Crippen LogP contribution is 2.27. The third-order valence-electron chi connectivity index (χ3n) is 6.18. The van der Waals surface area contributed by atoms with Crippen LogP contribution in [0.3, 0.4) is 0 Å². The van der Waals surface area contributed by atoms with Crippen LogP contribution in [0.15, 0.2) is 24.3 Å². The summed E-state index contributed by atoms with van der Waals surface area (Å²) in [6.07, 6.45) is 2.86. The number of imide groups is 1. The first-order valence-corrected chi connectivity index (χ1v) is 10.3.